The maximum atomic E-state index is 13.4. The molecule has 1 rings (SSSR count). The lowest BCUT2D eigenvalue weighted by atomic mass is 10.1. The number of aliphatic hydroxyl groups is 1. The number of aromatic hydroxyl groups is 1. The van der Waals surface area contributed by atoms with E-state index in [-0.39, 0.29) is 18.4 Å². The maximum Gasteiger partial charge on any atom is 0.131 e. The van der Waals surface area contributed by atoms with Crippen LogP contribution in [0.1, 0.15) is 24.9 Å². The summed E-state index contributed by atoms with van der Waals surface area (Å²) >= 11 is 0. The molecule has 0 spiro atoms. The Labute approximate surface area is 88.6 Å². The monoisotopic (exact) mass is 213 g/mol. The number of phenolic OH excluding ortho intramolecular Hbond substituents is 1. The minimum Gasteiger partial charge on any atom is -0.508 e. The van der Waals surface area contributed by atoms with E-state index in [9.17, 15) is 4.39 Å². The first-order chi connectivity index (χ1) is 7.15. The lowest BCUT2D eigenvalue weighted by molar-refractivity contribution is 0.283. The minimum absolute atomic E-state index is 0.0705. The molecule has 0 aliphatic heterocycles. The number of hydrogen-bond donors (Lipinski definition) is 3. The predicted octanol–water partition coefficient (Wildman–Crippen LogP) is 1.56. The van der Waals surface area contributed by atoms with Gasteiger partial charge in [0.2, 0.25) is 0 Å². The van der Waals surface area contributed by atoms with Crippen LogP contribution in [0.2, 0.25) is 0 Å². The van der Waals surface area contributed by atoms with Crippen molar-refractivity contribution in [3.05, 3.63) is 29.6 Å². The van der Waals surface area contributed by atoms with Crippen LogP contribution in [0.25, 0.3) is 0 Å². The predicted molar refractivity (Wildman–Crippen MR) is 56.2 cm³/mol. The Kier molecular flexibility index (Phi) is 4.52. The second-order valence-corrected chi connectivity index (χ2v) is 3.46. The highest BCUT2D eigenvalue weighted by molar-refractivity contribution is 5.29. The average Bonchev–Trinajstić information content (AvgIpc) is 2.17. The van der Waals surface area contributed by atoms with Crippen molar-refractivity contribution in [2.75, 3.05) is 13.2 Å². The van der Waals surface area contributed by atoms with Crippen LogP contribution in [0.4, 0.5) is 4.39 Å². The smallest absolute Gasteiger partial charge is 0.131 e. The molecule has 0 aliphatic rings. The maximum absolute atomic E-state index is 13.4. The van der Waals surface area contributed by atoms with Gasteiger partial charge >= 0.3 is 0 Å². The van der Waals surface area contributed by atoms with Gasteiger partial charge in [0.15, 0.2) is 0 Å². The van der Waals surface area contributed by atoms with E-state index >= 15 is 0 Å². The molecule has 0 heterocycles. The van der Waals surface area contributed by atoms with Crippen molar-refractivity contribution >= 4 is 0 Å². The Morgan fingerprint density at radius 1 is 1.47 bits per heavy atom. The lowest BCUT2D eigenvalue weighted by Crippen LogP contribution is -2.21. The Morgan fingerprint density at radius 3 is 2.80 bits per heavy atom. The SMILES string of the molecule is CC(NCCCO)c1ccc(O)cc1F. The number of benzene rings is 1. The van der Waals surface area contributed by atoms with Gasteiger partial charge in [0.25, 0.3) is 0 Å². The highest BCUT2D eigenvalue weighted by atomic mass is 19.1. The fourth-order valence-electron chi connectivity index (χ4n) is 1.37. The number of hydrogen-bond acceptors (Lipinski definition) is 3. The molecule has 0 amide bonds. The quantitative estimate of drug-likeness (QED) is 0.651. The second-order valence-electron chi connectivity index (χ2n) is 3.46. The van der Waals surface area contributed by atoms with E-state index in [1.54, 1.807) is 6.07 Å². The zero-order chi connectivity index (χ0) is 11.3. The zero-order valence-corrected chi connectivity index (χ0v) is 8.70. The summed E-state index contributed by atoms with van der Waals surface area (Å²) in [5.74, 6) is -0.488. The molecule has 0 radical (unpaired) electrons. The number of halogens is 1. The Balaban J connectivity index is 2.61. The third kappa shape index (κ3) is 3.49. The van der Waals surface area contributed by atoms with E-state index in [0.717, 1.165) is 6.07 Å². The van der Waals surface area contributed by atoms with Crippen molar-refractivity contribution in [2.45, 2.75) is 19.4 Å². The Morgan fingerprint density at radius 2 is 2.20 bits per heavy atom. The Bertz CT molecular complexity index is 317. The highest BCUT2D eigenvalue weighted by Crippen LogP contribution is 2.20. The van der Waals surface area contributed by atoms with E-state index in [4.69, 9.17) is 10.2 Å². The molecular weight excluding hydrogens is 197 g/mol. The van der Waals surface area contributed by atoms with Crippen LogP contribution in [-0.4, -0.2) is 23.4 Å². The van der Waals surface area contributed by atoms with E-state index in [0.29, 0.717) is 18.5 Å². The van der Waals surface area contributed by atoms with Gasteiger partial charge in [-0.1, -0.05) is 6.07 Å². The van der Waals surface area contributed by atoms with Crippen LogP contribution in [0.15, 0.2) is 18.2 Å². The van der Waals surface area contributed by atoms with Crippen LogP contribution < -0.4 is 5.32 Å². The third-order valence-electron chi connectivity index (χ3n) is 2.24. The van der Waals surface area contributed by atoms with Crippen molar-refractivity contribution in [2.24, 2.45) is 0 Å². The van der Waals surface area contributed by atoms with Crippen molar-refractivity contribution < 1.29 is 14.6 Å². The van der Waals surface area contributed by atoms with Gasteiger partial charge in [0.05, 0.1) is 0 Å². The van der Waals surface area contributed by atoms with Gasteiger partial charge in [-0.15, -0.1) is 0 Å². The van der Waals surface area contributed by atoms with Gasteiger partial charge in [-0.2, -0.15) is 0 Å². The van der Waals surface area contributed by atoms with Gasteiger partial charge in [-0.05, 0) is 26.0 Å². The molecule has 0 aromatic heterocycles. The van der Waals surface area contributed by atoms with Crippen LogP contribution in [-0.2, 0) is 0 Å². The van der Waals surface area contributed by atoms with Crippen LogP contribution >= 0.6 is 0 Å². The summed E-state index contributed by atoms with van der Waals surface area (Å²) in [5, 5.41) is 20.7. The fourth-order valence-corrected chi connectivity index (χ4v) is 1.37. The van der Waals surface area contributed by atoms with E-state index in [1.165, 1.54) is 6.07 Å². The molecule has 4 heteroatoms. The molecule has 84 valence electrons. The molecule has 0 saturated carbocycles. The van der Waals surface area contributed by atoms with Crippen molar-refractivity contribution in [3.8, 4) is 5.75 Å². The summed E-state index contributed by atoms with van der Waals surface area (Å²) < 4.78 is 13.4. The molecular formula is C11H16FNO2. The molecule has 1 aromatic rings. The first-order valence-corrected chi connectivity index (χ1v) is 4.98. The summed E-state index contributed by atoms with van der Waals surface area (Å²) in [6, 6.07) is 3.99. The van der Waals surface area contributed by atoms with Gasteiger partial charge in [-0.3, -0.25) is 0 Å². The van der Waals surface area contributed by atoms with Crippen molar-refractivity contribution in [1.82, 2.24) is 5.32 Å². The first kappa shape index (κ1) is 11.9. The molecule has 1 aromatic carbocycles. The largest absolute Gasteiger partial charge is 0.508 e. The molecule has 0 aliphatic carbocycles. The highest BCUT2D eigenvalue weighted by Gasteiger charge is 2.10. The van der Waals surface area contributed by atoms with E-state index in [2.05, 4.69) is 5.32 Å². The fraction of sp³-hybridized carbons (Fsp3) is 0.455. The minimum atomic E-state index is -0.418. The number of rotatable bonds is 5. The summed E-state index contributed by atoms with van der Waals surface area (Å²) in [6.07, 6.45) is 0.643. The molecule has 0 bridgehead atoms. The molecule has 15 heavy (non-hydrogen) atoms. The third-order valence-corrected chi connectivity index (χ3v) is 2.24. The van der Waals surface area contributed by atoms with E-state index in [1.807, 2.05) is 6.92 Å². The Hall–Kier alpha value is -1.13. The normalized spacial score (nSPS) is 12.7. The number of aliphatic hydroxyl groups excluding tert-OH is 1. The van der Waals surface area contributed by atoms with Gasteiger partial charge in [0, 0.05) is 24.3 Å². The lowest BCUT2D eigenvalue weighted by Gasteiger charge is -2.14. The van der Waals surface area contributed by atoms with Crippen LogP contribution in [0.3, 0.4) is 0 Å². The topological polar surface area (TPSA) is 52.5 Å². The second kappa shape index (κ2) is 5.68. The molecule has 0 fully saturated rings. The zero-order valence-electron chi connectivity index (χ0n) is 8.70. The molecule has 3 nitrogen and oxygen atoms in total. The molecule has 3 N–H and O–H groups in total. The molecule has 0 saturated heterocycles. The number of nitrogens with one attached hydrogen (secondary N) is 1. The molecule has 1 atom stereocenters. The average molecular weight is 213 g/mol. The standard InChI is InChI=1S/C11H16FNO2/c1-8(13-5-2-6-14)10-4-3-9(15)7-11(10)12/h3-4,7-8,13-15H,2,5-6H2,1H3. The number of phenols is 1. The van der Waals surface area contributed by atoms with Crippen molar-refractivity contribution in [1.29, 1.82) is 0 Å². The van der Waals surface area contributed by atoms with Crippen LogP contribution in [0, 0.1) is 5.82 Å². The van der Waals surface area contributed by atoms with Gasteiger partial charge < -0.3 is 15.5 Å². The molecule has 1 unspecified atom stereocenters. The van der Waals surface area contributed by atoms with Gasteiger partial charge in [0.1, 0.15) is 11.6 Å². The summed E-state index contributed by atoms with van der Waals surface area (Å²) in [4.78, 5) is 0. The summed E-state index contributed by atoms with van der Waals surface area (Å²) in [5.41, 5.74) is 0.519. The first-order valence-electron chi connectivity index (χ1n) is 4.98. The van der Waals surface area contributed by atoms with Crippen LogP contribution in [0.5, 0.6) is 5.75 Å². The van der Waals surface area contributed by atoms with Crippen molar-refractivity contribution in [3.63, 3.8) is 0 Å². The summed E-state index contributed by atoms with van der Waals surface area (Å²) in [7, 11) is 0. The van der Waals surface area contributed by atoms with E-state index < -0.39 is 5.82 Å². The summed E-state index contributed by atoms with van der Waals surface area (Å²) in [6.45, 7) is 2.60. The van der Waals surface area contributed by atoms with Gasteiger partial charge in [-0.25, -0.2) is 4.39 Å².